The lowest BCUT2D eigenvalue weighted by Gasteiger charge is -2.06. The molecule has 0 unspecified atom stereocenters. The molecule has 4 nitrogen and oxygen atoms in total. The highest BCUT2D eigenvalue weighted by Crippen LogP contribution is 2.31. The van der Waals surface area contributed by atoms with E-state index in [0.717, 1.165) is 16.0 Å². The van der Waals surface area contributed by atoms with Crippen LogP contribution in [0.2, 0.25) is 0 Å². The van der Waals surface area contributed by atoms with Crippen LogP contribution in [0.15, 0.2) is 6.07 Å². The van der Waals surface area contributed by atoms with Crippen molar-refractivity contribution in [2.45, 2.75) is 13.8 Å². The summed E-state index contributed by atoms with van der Waals surface area (Å²) >= 11 is 0. The summed E-state index contributed by atoms with van der Waals surface area (Å²) in [5.41, 5.74) is 8.68. The van der Waals surface area contributed by atoms with Gasteiger partial charge in [-0.25, -0.2) is 0 Å². The third kappa shape index (κ3) is 1.08. The fraction of sp³-hybridized carbons (Fsp3) is 0.273. The molecule has 2 N–H and O–H groups in total. The van der Waals surface area contributed by atoms with Crippen LogP contribution in [0.25, 0.3) is 0 Å². The monoisotopic (exact) mass is 204 g/mol. The zero-order valence-electron chi connectivity index (χ0n) is 8.92. The van der Waals surface area contributed by atoms with E-state index in [4.69, 9.17) is 5.73 Å². The third-order valence-electron chi connectivity index (χ3n) is 2.81. The van der Waals surface area contributed by atoms with E-state index < -0.39 is 0 Å². The number of aryl methyl sites for hydroxylation is 2. The summed E-state index contributed by atoms with van der Waals surface area (Å²) in [5, 5.41) is 0. The first-order valence-electron chi connectivity index (χ1n) is 4.67. The number of nitrogens with zero attached hydrogens (tertiary/aromatic N) is 1. The van der Waals surface area contributed by atoms with Gasteiger partial charge in [-0.05, 0) is 25.0 Å². The molecule has 1 aliphatic rings. The standard InChI is InChI=1S/C11H12N2O2/c1-5-4-6(2)9(12)8-7(5)10(14)13(3)11(8)15/h4H,12H2,1-3H3. The van der Waals surface area contributed by atoms with Crippen molar-refractivity contribution >= 4 is 17.5 Å². The van der Waals surface area contributed by atoms with Crippen molar-refractivity contribution in [1.29, 1.82) is 0 Å². The largest absolute Gasteiger partial charge is 0.398 e. The van der Waals surface area contributed by atoms with Gasteiger partial charge in [-0.2, -0.15) is 0 Å². The van der Waals surface area contributed by atoms with E-state index in [9.17, 15) is 9.59 Å². The lowest BCUT2D eigenvalue weighted by Crippen LogP contribution is -2.24. The summed E-state index contributed by atoms with van der Waals surface area (Å²) in [6.07, 6.45) is 0. The van der Waals surface area contributed by atoms with Crippen molar-refractivity contribution < 1.29 is 9.59 Å². The molecule has 0 radical (unpaired) electrons. The minimum atomic E-state index is -0.306. The molecule has 1 aromatic rings. The molecule has 2 amide bonds. The minimum Gasteiger partial charge on any atom is -0.398 e. The number of benzene rings is 1. The Morgan fingerprint density at radius 2 is 1.60 bits per heavy atom. The van der Waals surface area contributed by atoms with E-state index in [-0.39, 0.29) is 11.8 Å². The summed E-state index contributed by atoms with van der Waals surface area (Å²) in [7, 11) is 1.47. The topological polar surface area (TPSA) is 63.4 Å². The Morgan fingerprint density at radius 3 is 2.20 bits per heavy atom. The number of carbonyl (C=O) groups is 2. The second kappa shape index (κ2) is 2.82. The van der Waals surface area contributed by atoms with E-state index in [1.165, 1.54) is 7.05 Å². The first-order chi connectivity index (χ1) is 6.95. The molecule has 0 fully saturated rings. The molecule has 0 saturated carbocycles. The van der Waals surface area contributed by atoms with Crippen molar-refractivity contribution in [2.24, 2.45) is 0 Å². The summed E-state index contributed by atoms with van der Waals surface area (Å²) in [6.45, 7) is 3.65. The van der Waals surface area contributed by atoms with Gasteiger partial charge in [0.1, 0.15) is 0 Å². The SMILES string of the molecule is Cc1cc(C)c2c(c1N)C(=O)N(C)C2=O. The van der Waals surface area contributed by atoms with Gasteiger partial charge in [0.15, 0.2) is 0 Å². The zero-order chi connectivity index (χ0) is 11.3. The Bertz CT molecular complexity index is 492. The molecule has 0 saturated heterocycles. The molecule has 1 aromatic carbocycles. The van der Waals surface area contributed by atoms with Crippen LogP contribution in [0.3, 0.4) is 0 Å². The van der Waals surface area contributed by atoms with Crippen LogP contribution in [0.5, 0.6) is 0 Å². The van der Waals surface area contributed by atoms with E-state index in [2.05, 4.69) is 0 Å². The molecular weight excluding hydrogens is 192 g/mol. The lowest BCUT2D eigenvalue weighted by molar-refractivity contribution is 0.0693. The fourth-order valence-electron chi connectivity index (χ4n) is 1.93. The molecule has 0 aromatic heterocycles. The average Bonchev–Trinajstić information content (AvgIpc) is 2.40. The smallest absolute Gasteiger partial charge is 0.263 e. The summed E-state index contributed by atoms with van der Waals surface area (Å²) in [5.74, 6) is -0.571. The van der Waals surface area contributed by atoms with Gasteiger partial charge in [0.25, 0.3) is 11.8 Å². The highest BCUT2D eigenvalue weighted by molar-refractivity contribution is 6.24. The molecule has 0 atom stereocenters. The van der Waals surface area contributed by atoms with Crippen molar-refractivity contribution in [3.63, 3.8) is 0 Å². The number of hydrogen-bond acceptors (Lipinski definition) is 3. The number of anilines is 1. The van der Waals surface area contributed by atoms with Crippen LogP contribution in [0.1, 0.15) is 31.8 Å². The van der Waals surface area contributed by atoms with E-state index >= 15 is 0 Å². The van der Waals surface area contributed by atoms with Crippen LogP contribution < -0.4 is 5.73 Å². The number of nitrogen functional groups attached to an aromatic ring is 1. The van der Waals surface area contributed by atoms with E-state index in [1.54, 1.807) is 0 Å². The maximum Gasteiger partial charge on any atom is 0.263 e. The van der Waals surface area contributed by atoms with Gasteiger partial charge < -0.3 is 5.73 Å². The molecule has 2 rings (SSSR count). The maximum atomic E-state index is 11.8. The van der Waals surface area contributed by atoms with Gasteiger partial charge >= 0.3 is 0 Å². The van der Waals surface area contributed by atoms with Gasteiger partial charge in [0.2, 0.25) is 0 Å². The molecule has 4 heteroatoms. The first kappa shape index (κ1) is 9.71. The predicted molar refractivity (Wildman–Crippen MR) is 56.8 cm³/mol. The quantitative estimate of drug-likeness (QED) is 0.508. The Kier molecular flexibility index (Phi) is 1.83. The lowest BCUT2D eigenvalue weighted by atomic mass is 9.98. The van der Waals surface area contributed by atoms with Crippen LogP contribution in [-0.4, -0.2) is 23.8 Å². The highest BCUT2D eigenvalue weighted by atomic mass is 16.2. The first-order valence-corrected chi connectivity index (χ1v) is 4.67. The van der Waals surface area contributed by atoms with Gasteiger partial charge in [0.05, 0.1) is 11.1 Å². The number of imide groups is 1. The number of carbonyl (C=O) groups excluding carboxylic acids is 2. The van der Waals surface area contributed by atoms with Crippen molar-refractivity contribution in [3.05, 3.63) is 28.3 Å². The molecular formula is C11H12N2O2. The number of fused-ring (bicyclic) bond motifs is 1. The molecule has 0 bridgehead atoms. The van der Waals surface area contributed by atoms with E-state index in [1.807, 2.05) is 19.9 Å². The number of rotatable bonds is 0. The van der Waals surface area contributed by atoms with Crippen LogP contribution >= 0.6 is 0 Å². The van der Waals surface area contributed by atoms with Gasteiger partial charge in [-0.1, -0.05) is 6.07 Å². The molecule has 78 valence electrons. The zero-order valence-corrected chi connectivity index (χ0v) is 8.92. The van der Waals surface area contributed by atoms with Gasteiger partial charge in [-0.15, -0.1) is 0 Å². The number of amides is 2. The third-order valence-corrected chi connectivity index (χ3v) is 2.81. The van der Waals surface area contributed by atoms with E-state index in [0.29, 0.717) is 16.8 Å². The highest BCUT2D eigenvalue weighted by Gasteiger charge is 2.36. The van der Waals surface area contributed by atoms with Gasteiger partial charge in [-0.3, -0.25) is 14.5 Å². The summed E-state index contributed by atoms with van der Waals surface area (Å²) < 4.78 is 0. The number of hydrogen-bond donors (Lipinski definition) is 1. The minimum absolute atomic E-state index is 0.265. The second-order valence-corrected chi connectivity index (χ2v) is 3.84. The van der Waals surface area contributed by atoms with Crippen molar-refractivity contribution in [2.75, 3.05) is 12.8 Å². The Morgan fingerprint density at radius 1 is 1.07 bits per heavy atom. The maximum absolute atomic E-state index is 11.8. The molecule has 1 aliphatic heterocycles. The Balaban J connectivity index is 2.85. The molecule has 0 aliphatic carbocycles. The second-order valence-electron chi connectivity index (χ2n) is 3.84. The van der Waals surface area contributed by atoms with Crippen LogP contribution in [-0.2, 0) is 0 Å². The number of nitrogens with two attached hydrogens (primary N) is 1. The summed E-state index contributed by atoms with van der Waals surface area (Å²) in [4.78, 5) is 24.6. The normalized spacial score (nSPS) is 14.7. The summed E-state index contributed by atoms with van der Waals surface area (Å²) in [6, 6.07) is 1.83. The molecule has 0 spiro atoms. The van der Waals surface area contributed by atoms with Crippen molar-refractivity contribution in [3.8, 4) is 0 Å². The van der Waals surface area contributed by atoms with Gasteiger partial charge in [0, 0.05) is 12.7 Å². The average molecular weight is 204 g/mol. The molecule has 15 heavy (non-hydrogen) atoms. The fourth-order valence-corrected chi connectivity index (χ4v) is 1.93. The van der Waals surface area contributed by atoms with Crippen LogP contribution in [0, 0.1) is 13.8 Å². The Hall–Kier alpha value is -1.84. The van der Waals surface area contributed by atoms with Crippen LogP contribution in [0.4, 0.5) is 5.69 Å². The van der Waals surface area contributed by atoms with Crippen molar-refractivity contribution in [1.82, 2.24) is 4.90 Å². The predicted octanol–water partition coefficient (Wildman–Crippen LogP) is 1.11. The molecule has 1 heterocycles. The Labute approximate surface area is 87.7 Å².